The molecule has 5 aromatic carbocycles. The summed E-state index contributed by atoms with van der Waals surface area (Å²) in [4.78, 5) is 116. The first-order valence-electron chi connectivity index (χ1n) is 27.5. The molecule has 0 bridgehead atoms. The van der Waals surface area contributed by atoms with E-state index in [9.17, 15) is 53.7 Å². The third kappa shape index (κ3) is 19.3. The Morgan fingerprint density at radius 3 is 1.35 bits per heavy atom. The molecular weight excluding hydrogens is 1060 g/mol. The van der Waals surface area contributed by atoms with Crippen LogP contribution >= 0.6 is 0 Å². The average Bonchev–Trinajstić information content (AvgIpc) is 3.94. The summed E-state index contributed by atoms with van der Waals surface area (Å²) in [5.74, 6) is -6.99. The minimum absolute atomic E-state index is 0.00570. The van der Waals surface area contributed by atoms with E-state index < -0.39 is 108 Å². The Labute approximate surface area is 481 Å². The number of hydrogen-bond donors (Lipinski definition) is 14. The number of aromatic amines is 1. The Kier molecular flexibility index (Phi) is 23.8. The van der Waals surface area contributed by atoms with Crippen molar-refractivity contribution in [2.75, 3.05) is 6.54 Å². The lowest BCUT2D eigenvalue weighted by Crippen LogP contribution is -2.62. The third-order valence-electron chi connectivity index (χ3n) is 13.9. The fourth-order valence-electron chi connectivity index (χ4n) is 9.35. The van der Waals surface area contributed by atoms with E-state index in [2.05, 4.69) is 42.2 Å². The van der Waals surface area contributed by atoms with Crippen LogP contribution in [-0.2, 0) is 70.5 Å². The van der Waals surface area contributed by atoms with Gasteiger partial charge in [-0.3, -0.25) is 38.4 Å². The molecule has 0 saturated heterocycles. The monoisotopic (exact) mass is 1140 g/mol. The number of benzene rings is 5. The number of aliphatic hydroxyl groups excluding tert-OH is 2. The Hall–Kier alpha value is -8.96. The minimum Gasteiger partial charge on any atom is -0.508 e. The molecule has 0 aliphatic carbocycles. The van der Waals surface area contributed by atoms with Crippen LogP contribution in [0.25, 0.3) is 10.9 Å². The standard InChI is InChI=1S/C61H75N11O11/c1-36(73)52(54(64)76)71-60(82)50(32-40-20-10-5-11-21-40)70-61(83)53(37(2)74)72-56(78)47(24-14-15-29-62)66-59(81)51(34-42-35-65-46-23-13-12-22-44(42)46)69-58(80)49(33-41-25-27-43(75)28-26-41)68-57(79)48(31-39-18-8-4-9-19-39)67-55(77)45(63)30-38-16-6-3-7-17-38/h3-13,16-23,25-28,35-37,45,47-53,65,73-75H,14-15,24,29-34,62-63H2,1-2H3,(H2,64,76)(H,66,81)(H,67,77)(H,68,79)(H,69,80)(H,70,83)(H,71,82)(H,72,78)/t36-,37-,45-,47+,48-,49+,50+,51-,52+,53+/m1/s1. The van der Waals surface area contributed by atoms with Crippen molar-refractivity contribution in [3.63, 3.8) is 0 Å². The van der Waals surface area contributed by atoms with Crippen molar-refractivity contribution in [1.82, 2.24) is 42.2 Å². The number of unbranched alkanes of at least 4 members (excludes halogenated alkanes) is 1. The van der Waals surface area contributed by atoms with Gasteiger partial charge in [0.1, 0.15) is 48.0 Å². The number of aromatic hydroxyl groups is 1. The number of phenols is 1. The lowest BCUT2D eigenvalue weighted by molar-refractivity contribution is -0.137. The maximum Gasteiger partial charge on any atom is 0.245 e. The molecule has 0 aliphatic rings. The van der Waals surface area contributed by atoms with Crippen LogP contribution in [0.2, 0.25) is 0 Å². The largest absolute Gasteiger partial charge is 0.508 e. The first kappa shape index (κ1) is 63.2. The second kappa shape index (κ2) is 31.3. The topological polar surface area (TPSA) is 375 Å². The van der Waals surface area contributed by atoms with Crippen LogP contribution in [0.3, 0.4) is 0 Å². The second-order valence-electron chi connectivity index (χ2n) is 20.6. The van der Waals surface area contributed by atoms with Crippen molar-refractivity contribution in [3.8, 4) is 5.75 Å². The molecule has 0 aliphatic heterocycles. The van der Waals surface area contributed by atoms with E-state index in [1.54, 1.807) is 85.1 Å². The van der Waals surface area contributed by atoms with Gasteiger partial charge < -0.3 is 74.7 Å². The number of carbonyl (C=O) groups excluding carboxylic acids is 8. The van der Waals surface area contributed by atoms with Crippen LogP contribution in [0.4, 0.5) is 0 Å². The number of primary amides is 1. The van der Waals surface area contributed by atoms with E-state index in [0.29, 0.717) is 35.1 Å². The van der Waals surface area contributed by atoms with Gasteiger partial charge >= 0.3 is 0 Å². The molecule has 17 N–H and O–H groups in total. The van der Waals surface area contributed by atoms with E-state index >= 15 is 0 Å². The van der Waals surface area contributed by atoms with Crippen molar-refractivity contribution < 1.29 is 53.7 Å². The lowest BCUT2D eigenvalue weighted by atomic mass is 10.00. The Morgan fingerprint density at radius 2 is 0.855 bits per heavy atom. The van der Waals surface area contributed by atoms with Gasteiger partial charge in [0.2, 0.25) is 47.3 Å². The summed E-state index contributed by atoms with van der Waals surface area (Å²) in [6.07, 6.45) is -0.903. The molecule has 1 aromatic heterocycles. The predicted molar refractivity (Wildman–Crippen MR) is 311 cm³/mol. The number of aliphatic hydroxyl groups is 2. The summed E-state index contributed by atoms with van der Waals surface area (Å²) >= 11 is 0. The Bertz CT molecular complexity index is 3110. The fourth-order valence-corrected chi connectivity index (χ4v) is 9.35. The zero-order chi connectivity index (χ0) is 60.0. The number of carbonyl (C=O) groups is 8. The Morgan fingerprint density at radius 1 is 0.458 bits per heavy atom. The van der Waals surface area contributed by atoms with Crippen molar-refractivity contribution in [2.24, 2.45) is 17.2 Å². The van der Waals surface area contributed by atoms with Gasteiger partial charge in [0, 0.05) is 42.8 Å². The van der Waals surface area contributed by atoms with Crippen LogP contribution in [0.15, 0.2) is 146 Å². The lowest BCUT2D eigenvalue weighted by Gasteiger charge is -2.29. The molecular formula is C61H75N11O11. The molecule has 22 nitrogen and oxygen atoms in total. The van der Waals surface area contributed by atoms with Crippen molar-refractivity contribution in [3.05, 3.63) is 174 Å². The van der Waals surface area contributed by atoms with Crippen molar-refractivity contribution in [1.29, 1.82) is 0 Å². The number of para-hydroxylation sites is 1. The van der Waals surface area contributed by atoms with Crippen LogP contribution in [-0.4, -0.2) is 135 Å². The van der Waals surface area contributed by atoms with Gasteiger partial charge in [0.25, 0.3) is 0 Å². The SMILES string of the molecule is C[C@@H](O)[C@H](NC(=O)[C@H](Cc1ccccc1)NC(=O)[C@@H](NC(=O)[C@H](CCCCN)NC(=O)[C@@H](Cc1c[nH]c2ccccc12)NC(=O)[C@H](Cc1ccc(O)cc1)NC(=O)[C@@H](Cc1ccccc1)NC(=O)[C@H](N)Cc1ccccc1)[C@@H](C)O)C(N)=O. The van der Waals surface area contributed by atoms with Gasteiger partial charge in [-0.05, 0) is 92.1 Å². The number of rotatable bonds is 31. The zero-order valence-electron chi connectivity index (χ0n) is 46.3. The number of H-pyrrole nitrogens is 1. The molecule has 1 heterocycles. The molecule has 0 radical (unpaired) electrons. The van der Waals surface area contributed by atoms with Crippen LogP contribution in [0.1, 0.15) is 60.9 Å². The van der Waals surface area contributed by atoms with Crippen LogP contribution in [0.5, 0.6) is 5.75 Å². The number of hydrogen-bond acceptors (Lipinski definition) is 13. The third-order valence-corrected chi connectivity index (χ3v) is 13.9. The van der Waals surface area contributed by atoms with Crippen molar-refractivity contribution in [2.45, 2.75) is 126 Å². The highest BCUT2D eigenvalue weighted by Gasteiger charge is 2.36. The number of phenolic OH excluding ortho intramolecular Hbond substituents is 1. The number of amides is 8. The maximum atomic E-state index is 15.0. The Balaban J connectivity index is 1.29. The van der Waals surface area contributed by atoms with Gasteiger partial charge in [-0.25, -0.2) is 0 Å². The van der Waals surface area contributed by atoms with Gasteiger partial charge in [-0.1, -0.05) is 121 Å². The van der Waals surface area contributed by atoms with E-state index in [-0.39, 0.29) is 50.8 Å². The van der Waals surface area contributed by atoms with Gasteiger partial charge in [0.05, 0.1) is 18.2 Å². The summed E-state index contributed by atoms with van der Waals surface area (Å²) in [6.45, 7) is 2.70. The first-order chi connectivity index (χ1) is 39.8. The molecule has 0 saturated carbocycles. The maximum absolute atomic E-state index is 15.0. The smallest absolute Gasteiger partial charge is 0.245 e. The number of aromatic nitrogens is 1. The summed E-state index contributed by atoms with van der Waals surface area (Å²) in [5.41, 5.74) is 21.6. The highest BCUT2D eigenvalue weighted by atomic mass is 16.3. The summed E-state index contributed by atoms with van der Waals surface area (Å²) in [7, 11) is 0. The molecule has 6 rings (SSSR count). The predicted octanol–water partition coefficient (Wildman–Crippen LogP) is 0.484. The molecule has 0 fully saturated rings. The van der Waals surface area contributed by atoms with E-state index in [4.69, 9.17) is 17.2 Å². The fraction of sp³-hybridized carbons (Fsp3) is 0.344. The molecule has 83 heavy (non-hydrogen) atoms. The quantitative estimate of drug-likeness (QED) is 0.0264. The molecule has 0 unspecified atom stereocenters. The van der Waals surface area contributed by atoms with Gasteiger partial charge in [-0.15, -0.1) is 0 Å². The van der Waals surface area contributed by atoms with E-state index in [0.717, 1.165) is 16.5 Å². The molecule has 10 atom stereocenters. The normalized spacial score (nSPS) is 14.8. The molecule has 0 spiro atoms. The van der Waals surface area contributed by atoms with E-state index in [1.807, 2.05) is 48.5 Å². The van der Waals surface area contributed by atoms with Crippen LogP contribution < -0.4 is 54.4 Å². The zero-order valence-corrected chi connectivity index (χ0v) is 46.3. The second-order valence-corrected chi connectivity index (χ2v) is 20.6. The average molecular weight is 1140 g/mol. The summed E-state index contributed by atoms with van der Waals surface area (Å²) < 4.78 is 0. The molecule has 440 valence electrons. The van der Waals surface area contributed by atoms with Gasteiger partial charge in [0.15, 0.2) is 0 Å². The van der Waals surface area contributed by atoms with Gasteiger partial charge in [-0.2, -0.15) is 0 Å². The highest BCUT2D eigenvalue weighted by molar-refractivity contribution is 5.98. The first-order valence-corrected chi connectivity index (χ1v) is 27.5. The number of fused-ring (bicyclic) bond motifs is 1. The van der Waals surface area contributed by atoms with E-state index in [1.165, 1.54) is 26.0 Å². The summed E-state index contributed by atoms with van der Waals surface area (Å²) in [5, 5.41) is 50.7. The molecule has 6 aromatic rings. The molecule has 8 amide bonds. The van der Waals surface area contributed by atoms with Crippen LogP contribution in [0, 0.1) is 0 Å². The minimum atomic E-state index is -1.73. The van der Waals surface area contributed by atoms with Crippen molar-refractivity contribution >= 4 is 58.2 Å². The number of nitrogens with two attached hydrogens (primary N) is 3. The summed E-state index contributed by atoms with van der Waals surface area (Å²) in [6, 6.07) is 28.5. The molecule has 22 heteroatoms. The highest BCUT2D eigenvalue weighted by Crippen LogP contribution is 2.21. The number of nitrogens with one attached hydrogen (secondary N) is 8.